The fraction of sp³-hybridized carbons (Fsp3) is 0.478. The first kappa shape index (κ1) is 20.2. The van der Waals surface area contributed by atoms with Crippen LogP contribution >= 0.6 is 0 Å². The molecule has 156 valence electrons. The van der Waals surface area contributed by atoms with Crippen LogP contribution in [0.2, 0.25) is 0 Å². The van der Waals surface area contributed by atoms with Gasteiger partial charge in [0.15, 0.2) is 0 Å². The van der Waals surface area contributed by atoms with Crippen LogP contribution in [0.4, 0.5) is 11.4 Å². The molecule has 2 aromatic rings. The largest absolute Gasteiger partial charge is 0.470 e. The van der Waals surface area contributed by atoms with Gasteiger partial charge in [-0.05, 0) is 57.1 Å². The minimum Gasteiger partial charge on any atom is -0.470 e. The highest BCUT2D eigenvalue weighted by atomic mass is 32.2. The maximum Gasteiger partial charge on any atom is 0.277 e. The smallest absolute Gasteiger partial charge is 0.277 e. The third-order valence-electron chi connectivity index (χ3n) is 6.07. The van der Waals surface area contributed by atoms with Gasteiger partial charge in [-0.3, -0.25) is 0 Å². The molecule has 0 spiro atoms. The molecule has 2 aromatic carbocycles. The van der Waals surface area contributed by atoms with Gasteiger partial charge in [0, 0.05) is 12.5 Å². The third-order valence-corrected chi connectivity index (χ3v) is 7.98. The molecule has 5 nitrogen and oxygen atoms in total. The molecule has 1 fully saturated rings. The minimum absolute atomic E-state index is 0.483. The van der Waals surface area contributed by atoms with Crippen molar-refractivity contribution in [3.8, 4) is 5.75 Å². The molecular formula is C23H30N2O3S. The Bertz CT molecular complexity index is 911. The fourth-order valence-corrected chi connectivity index (χ4v) is 6.22. The lowest BCUT2D eigenvalue weighted by atomic mass is 9.94. The van der Waals surface area contributed by atoms with E-state index in [9.17, 15) is 8.42 Å². The van der Waals surface area contributed by atoms with Gasteiger partial charge >= 0.3 is 0 Å². The van der Waals surface area contributed by atoms with Crippen molar-refractivity contribution < 1.29 is 13.2 Å². The Labute approximate surface area is 174 Å². The van der Waals surface area contributed by atoms with Gasteiger partial charge in [-0.15, -0.1) is 0 Å². The molecular weight excluding hydrogens is 384 g/mol. The molecule has 0 radical (unpaired) electrons. The van der Waals surface area contributed by atoms with Crippen LogP contribution in [0, 0.1) is 0 Å². The van der Waals surface area contributed by atoms with E-state index >= 15 is 0 Å². The summed E-state index contributed by atoms with van der Waals surface area (Å²) in [7, 11) is -1.50. The van der Waals surface area contributed by atoms with E-state index in [0.29, 0.717) is 29.6 Å². The second-order valence-electron chi connectivity index (χ2n) is 8.07. The number of rotatable bonds is 6. The SMILES string of the molecule is CN(CCCC1Oc2ccccc2N(c2ccccc2)S1(=O)=O)C1CCCCC1. The Morgan fingerprint density at radius 1 is 1.00 bits per heavy atom. The summed E-state index contributed by atoms with van der Waals surface area (Å²) in [6, 6.07) is 17.3. The lowest BCUT2D eigenvalue weighted by Gasteiger charge is -2.36. The summed E-state index contributed by atoms with van der Waals surface area (Å²) in [4.78, 5) is 2.40. The maximum atomic E-state index is 13.4. The van der Waals surface area contributed by atoms with Crippen LogP contribution in [0.15, 0.2) is 54.6 Å². The molecule has 29 heavy (non-hydrogen) atoms. The topological polar surface area (TPSA) is 49.9 Å². The van der Waals surface area contributed by atoms with Crippen LogP contribution in [0.3, 0.4) is 0 Å². The monoisotopic (exact) mass is 414 g/mol. The molecule has 2 aliphatic rings. The molecule has 1 unspecified atom stereocenters. The van der Waals surface area contributed by atoms with E-state index in [2.05, 4.69) is 11.9 Å². The van der Waals surface area contributed by atoms with Gasteiger partial charge in [0.05, 0.1) is 11.4 Å². The van der Waals surface area contributed by atoms with Crippen LogP contribution in [0.25, 0.3) is 0 Å². The summed E-state index contributed by atoms with van der Waals surface area (Å²) < 4.78 is 34.3. The zero-order valence-electron chi connectivity index (χ0n) is 17.0. The molecule has 1 atom stereocenters. The van der Waals surface area contributed by atoms with Crippen molar-refractivity contribution in [2.45, 2.75) is 56.4 Å². The Balaban J connectivity index is 1.51. The molecule has 0 saturated heterocycles. The predicted octanol–water partition coefficient (Wildman–Crippen LogP) is 4.92. The van der Waals surface area contributed by atoms with Crippen molar-refractivity contribution in [1.82, 2.24) is 4.90 Å². The summed E-state index contributed by atoms with van der Waals surface area (Å²) in [6.45, 7) is 0.896. The number of nitrogens with zero attached hydrogens (tertiary/aromatic N) is 2. The molecule has 0 aromatic heterocycles. The number of benzene rings is 2. The zero-order chi connectivity index (χ0) is 20.3. The van der Waals surface area contributed by atoms with Gasteiger partial charge in [-0.25, -0.2) is 12.7 Å². The Kier molecular flexibility index (Phi) is 6.11. The molecule has 1 aliphatic carbocycles. The van der Waals surface area contributed by atoms with Gasteiger partial charge in [0.25, 0.3) is 10.0 Å². The fourth-order valence-electron chi connectivity index (χ4n) is 4.45. The van der Waals surface area contributed by atoms with Gasteiger partial charge in [0.1, 0.15) is 5.75 Å². The van der Waals surface area contributed by atoms with Crippen molar-refractivity contribution in [3.05, 3.63) is 54.6 Å². The number of ether oxygens (including phenoxy) is 1. The molecule has 0 N–H and O–H groups in total. The lowest BCUT2D eigenvalue weighted by molar-refractivity contribution is 0.179. The van der Waals surface area contributed by atoms with Crippen molar-refractivity contribution in [2.24, 2.45) is 0 Å². The number of para-hydroxylation sites is 3. The minimum atomic E-state index is -3.66. The van der Waals surface area contributed by atoms with Crippen molar-refractivity contribution >= 4 is 21.4 Å². The van der Waals surface area contributed by atoms with Gasteiger partial charge in [0.2, 0.25) is 5.44 Å². The number of fused-ring (bicyclic) bond motifs is 1. The van der Waals surface area contributed by atoms with Crippen LogP contribution < -0.4 is 9.04 Å². The van der Waals surface area contributed by atoms with E-state index in [1.54, 1.807) is 6.07 Å². The van der Waals surface area contributed by atoms with Crippen LogP contribution in [-0.2, 0) is 10.0 Å². The summed E-state index contributed by atoms with van der Waals surface area (Å²) in [5, 5.41) is 0. The molecule has 6 heteroatoms. The van der Waals surface area contributed by atoms with E-state index in [0.717, 1.165) is 13.0 Å². The third kappa shape index (κ3) is 4.28. The Morgan fingerprint density at radius 2 is 1.69 bits per heavy atom. The average molecular weight is 415 g/mol. The van der Waals surface area contributed by atoms with E-state index < -0.39 is 15.5 Å². The van der Waals surface area contributed by atoms with E-state index in [4.69, 9.17) is 4.74 Å². The van der Waals surface area contributed by atoms with Crippen LogP contribution in [-0.4, -0.2) is 38.4 Å². The summed E-state index contributed by atoms with van der Waals surface area (Å²) in [5.41, 5.74) is 0.360. The first-order valence-corrected chi connectivity index (χ1v) is 12.1. The van der Waals surface area contributed by atoms with Crippen molar-refractivity contribution in [1.29, 1.82) is 0 Å². The standard InChI is InChI=1S/C23H30N2O3S/c1-24(19-11-4-2-5-12-19)18-10-17-23-28-22-16-9-8-15-21(22)25(29(23,26)27)20-13-6-3-7-14-20/h3,6-9,13-16,19,23H,2,4-5,10-12,17-18H2,1H3. The van der Waals surface area contributed by atoms with Crippen LogP contribution in [0.1, 0.15) is 44.9 Å². The average Bonchev–Trinajstić information content (AvgIpc) is 2.75. The van der Waals surface area contributed by atoms with E-state index in [1.165, 1.54) is 36.4 Å². The number of anilines is 2. The number of hydrogen-bond donors (Lipinski definition) is 0. The van der Waals surface area contributed by atoms with Crippen molar-refractivity contribution in [2.75, 3.05) is 17.9 Å². The second kappa shape index (κ2) is 8.76. The molecule has 1 heterocycles. The molecule has 1 saturated carbocycles. The molecule has 1 aliphatic heterocycles. The first-order valence-electron chi connectivity index (χ1n) is 10.6. The number of hydrogen-bond acceptors (Lipinski definition) is 4. The second-order valence-corrected chi connectivity index (χ2v) is 10.00. The highest BCUT2D eigenvalue weighted by molar-refractivity contribution is 7.93. The van der Waals surface area contributed by atoms with Gasteiger partial charge in [-0.2, -0.15) is 0 Å². The Morgan fingerprint density at radius 3 is 2.45 bits per heavy atom. The van der Waals surface area contributed by atoms with Crippen molar-refractivity contribution in [3.63, 3.8) is 0 Å². The number of sulfonamides is 1. The highest BCUT2D eigenvalue weighted by Crippen LogP contribution is 2.42. The molecule has 0 bridgehead atoms. The predicted molar refractivity (Wildman–Crippen MR) is 117 cm³/mol. The van der Waals surface area contributed by atoms with E-state index in [1.807, 2.05) is 48.5 Å². The zero-order valence-corrected chi connectivity index (χ0v) is 17.9. The van der Waals surface area contributed by atoms with Crippen LogP contribution in [0.5, 0.6) is 5.75 Å². The Hall–Kier alpha value is -2.05. The normalized spacial score (nSPS) is 21.6. The highest BCUT2D eigenvalue weighted by Gasteiger charge is 2.40. The molecule has 4 rings (SSSR count). The summed E-state index contributed by atoms with van der Waals surface area (Å²) in [5.74, 6) is 0.622. The first-order chi connectivity index (χ1) is 14.1. The summed E-state index contributed by atoms with van der Waals surface area (Å²) >= 11 is 0. The van der Waals surface area contributed by atoms with Gasteiger partial charge in [-0.1, -0.05) is 49.6 Å². The maximum absolute atomic E-state index is 13.4. The summed E-state index contributed by atoms with van der Waals surface area (Å²) in [6.07, 6.45) is 7.73. The lowest BCUT2D eigenvalue weighted by Crippen LogP contribution is -2.43. The van der Waals surface area contributed by atoms with E-state index in [-0.39, 0.29) is 0 Å². The van der Waals surface area contributed by atoms with Gasteiger partial charge < -0.3 is 9.64 Å². The quantitative estimate of drug-likeness (QED) is 0.673. The molecule has 0 amide bonds.